The van der Waals surface area contributed by atoms with E-state index in [-0.39, 0.29) is 18.0 Å². The normalized spacial score (nSPS) is 12.5. The molecule has 5 nitrogen and oxygen atoms in total. The van der Waals surface area contributed by atoms with Crippen molar-refractivity contribution in [1.82, 2.24) is 9.97 Å². The molecule has 0 spiro atoms. The van der Waals surface area contributed by atoms with Gasteiger partial charge in [-0.15, -0.1) is 0 Å². The van der Waals surface area contributed by atoms with Gasteiger partial charge in [-0.2, -0.15) is 0 Å². The van der Waals surface area contributed by atoms with E-state index in [1.807, 2.05) is 13.8 Å². The molecule has 3 rings (SSSR count). The Morgan fingerprint density at radius 2 is 2.00 bits per heavy atom. The third-order valence-electron chi connectivity index (χ3n) is 3.78. The van der Waals surface area contributed by atoms with Crippen molar-refractivity contribution in [2.75, 3.05) is 5.32 Å². The Morgan fingerprint density at radius 3 is 2.73 bits per heavy atom. The Bertz CT molecular complexity index is 732. The van der Waals surface area contributed by atoms with Gasteiger partial charge >= 0.3 is 5.97 Å². The molecule has 0 fully saturated rings. The fourth-order valence-electron chi connectivity index (χ4n) is 2.68. The van der Waals surface area contributed by atoms with Crippen molar-refractivity contribution in [2.45, 2.75) is 33.1 Å². The fourth-order valence-corrected chi connectivity index (χ4v) is 2.68. The van der Waals surface area contributed by atoms with Crippen LogP contribution in [-0.4, -0.2) is 21.0 Å². The summed E-state index contributed by atoms with van der Waals surface area (Å²) in [5, 5.41) is 12.4. The van der Waals surface area contributed by atoms with Crippen molar-refractivity contribution < 1.29 is 22.3 Å². The topological polar surface area (TPSA) is 75.1 Å². The summed E-state index contributed by atoms with van der Waals surface area (Å²) in [6.45, 7) is 3.83. The number of aryl methyl sites for hydroxylation is 3. The van der Waals surface area contributed by atoms with E-state index in [4.69, 9.17) is 5.11 Å². The maximum absolute atomic E-state index is 11.1. The van der Waals surface area contributed by atoms with Gasteiger partial charge in [0.05, 0.1) is 5.56 Å². The molecule has 0 amide bonds. The van der Waals surface area contributed by atoms with Crippen LogP contribution in [0.15, 0.2) is 18.2 Å². The largest absolute Gasteiger partial charge is 1.00 e. The van der Waals surface area contributed by atoms with E-state index in [2.05, 4.69) is 15.3 Å². The van der Waals surface area contributed by atoms with Crippen LogP contribution in [-0.2, 0) is 12.8 Å². The van der Waals surface area contributed by atoms with Crippen LogP contribution in [0.3, 0.4) is 0 Å². The zero-order chi connectivity index (χ0) is 15.0. The summed E-state index contributed by atoms with van der Waals surface area (Å²) < 4.78 is 0. The second-order valence-corrected chi connectivity index (χ2v) is 5.36. The van der Waals surface area contributed by atoms with E-state index >= 15 is 0 Å². The lowest BCUT2D eigenvalue weighted by molar-refractivity contribution is -0.0000201. The van der Waals surface area contributed by atoms with Crippen molar-refractivity contribution in [3.63, 3.8) is 0 Å². The quantitative estimate of drug-likeness (QED) is 0.835. The lowest BCUT2D eigenvalue weighted by Crippen LogP contribution is -3.00. The molecule has 0 saturated heterocycles. The molecule has 0 atom stereocenters. The summed E-state index contributed by atoms with van der Waals surface area (Å²) in [5.41, 5.74) is 4.30. The first kappa shape index (κ1) is 16.2. The van der Waals surface area contributed by atoms with Crippen LogP contribution in [0.4, 0.5) is 11.5 Å². The first-order chi connectivity index (χ1) is 10.0. The standard InChI is InChI=1S/C16H17N3O2.ClH/c1-9-6-7-11(16(20)21)8-14(9)19-15-12-4-3-5-13(12)17-10(2)18-15;/h6-8H,3-5H2,1-2H3,(H,20,21)(H,17,18,19);1H/p-1. The number of aromatic nitrogens is 2. The number of rotatable bonds is 3. The number of hydrogen-bond acceptors (Lipinski definition) is 4. The average molecular weight is 319 g/mol. The summed E-state index contributed by atoms with van der Waals surface area (Å²) in [6, 6.07) is 5.06. The van der Waals surface area contributed by atoms with Gasteiger partial charge in [-0.05, 0) is 50.8 Å². The minimum Gasteiger partial charge on any atom is -1.00 e. The molecule has 1 aromatic carbocycles. The molecular weight excluding hydrogens is 302 g/mol. The highest BCUT2D eigenvalue weighted by Gasteiger charge is 2.19. The number of anilines is 2. The molecule has 0 unspecified atom stereocenters. The highest BCUT2D eigenvalue weighted by atomic mass is 35.5. The molecule has 1 aliphatic rings. The molecule has 22 heavy (non-hydrogen) atoms. The number of carbonyl (C=O) groups is 1. The predicted octanol–water partition coefficient (Wildman–Crippen LogP) is 0.0279. The van der Waals surface area contributed by atoms with Gasteiger partial charge in [0.25, 0.3) is 0 Å². The Hall–Kier alpha value is -2.14. The lowest BCUT2D eigenvalue weighted by Gasteiger charge is -2.13. The van der Waals surface area contributed by atoms with E-state index in [9.17, 15) is 4.79 Å². The minimum atomic E-state index is -0.929. The van der Waals surface area contributed by atoms with Gasteiger partial charge in [0, 0.05) is 16.9 Å². The molecule has 116 valence electrons. The Labute approximate surface area is 135 Å². The maximum Gasteiger partial charge on any atom is 0.335 e. The number of nitrogens with zero attached hydrogens (tertiary/aromatic N) is 2. The van der Waals surface area contributed by atoms with Crippen LogP contribution in [0.2, 0.25) is 0 Å². The third kappa shape index (κ3) is 3.04. The van der Waals surface area contributed by atoms with Crippen molar-refractivity contribution in [3.05, 3.63) is 46.4 Å². The minimum absolute atomic E-state index is 0. The number of benzene rings is 1. The molecule has 0 saturated carbocycles. The van der Waals surface area contributed by atoms with Gasteiger partial charge in [-0.25, -0.2) is 14.8 Å². The van der Waals surface area contributed by atoms with Gasteiger partial charge in [-0.1, -0.05) is 6.07 Å². The summed E-state index contributed by atoms with van der Waals surface area (Å²) >= 11 is 0. The second kappa shape index (κ2) is 6.32. The van der Waals surface area contributed by atoms with Crippen molar-refractivity contribution in [3.8, 4) is 0 Å². The highest BCUT2D eigenvalue weighted by molar-refractivity contribution is 5.89. The lowest BCUT2D eigenvalue weighted by atomic mass is 10.1. The van der Waals surface area contributed by atoms with Crippen molar-refractivity contribution in [1.29, 1.82) is 0 Å². The first-order valence-electron chi connectivity index (χ1n) is 7.02. The van der Waals surface area contributed by atoms with Crippen LogP contribution < -0.4 is 17.7 Å². The van der Waals surface area contributed by atoms with Gasteiger partial charge in [0.1, 0.15) is 11.6 Å². The Kier molecular flexibility index (Phi) is 4.66. The molecule has 0 aliphatic heterocycles. The summed E-state index contributed by atoms with van der Waals surface area (Å²) in [4.78, 5) is 20.1. The van der Waals surface area contributed by atoms with Crippen LogP contribution in [0, 0.1) is 13.8 Å². The van der Waals surface area contributed by atoms with Crippen LogP contribution in [0.5, 0.6) is 0 Å². The number of carboxylic acid groups (broad SMARTS) is 1. The molecule has 1 heterocycles. The molecular formula is C16H17ClN3O2-. The van der Waals surface area contributed by atoms with Gasteiger partial charge in [0.15, 0.2) is 0 Å². The maximum atomic E-state index is 11.1. The molecule has 2 N–H and O–H groups in total. The predicted molar refractivity (Wildman–Crippen MR) is 80.2 cm³/mol. The van der Waals surface area contributed by atoms with E-state index in [1.54, 1.807) is 18.2 Å². The summed E-state index contributed by atoms with van der Waals surface area (Å²) in [5.74, 6) is 0.618. The summed E-state index contributed by atoms with van der Waals surface area (Å²) in [7, 11) is 0. The van der Waals surface area contributed by atoms with E-state index in [0.29, 0.717) is 0 Å². The summed E-state index contributed by atoms with van der Waals surface area (Å²) in [6.07, 6.45) is 3.05. The fraction of sp³-hybridized carbons (Fsp3) is 0.312. The SMILES string of the molecule is Cc1nc2c(c(Nc3cc(C(=O)O)ccc3C)n1)CCC2.[Cl-]. The number of fused-ring (bicyclic) bond motifs is 1. The van der Waals surface area contributed by atoms with Crippen LogP contribution in [0.1, 0.15) is 39.4 Å². The van der Waals surface area contributed by atoms with Gasteiger partial charge < -0.3 is 22.8 Å². The second-order valence-electron chi connectivity index (χ2n) is 5.36. The number of nitrogens with one attached hydrogen (secondary N) is 1. The van der Waals surface area contributed by atoms with Crippen LogP contribution >= 0.6 is 0 Å². The van der Waals surface area contributed by atoms with Crippen LogP contribution in [0.25, 0.3) is 0 Å². The van der Waals surface area contributed by atoms with Crippen molar-refractivity contribution >= 4 is 17.5 Å². The molecule has 6 heteroatoms. The first-order valence-corrected chi connectivity index (χ1v) is 7.02. The van der Waals surface area contributed by atoms with E-state index in [1.165, 1.54) is 0 Å². The molecule has 1 aliphatic carbocycles. The Balaban J connectivity index is 0.00000176. The number of carboxylic acids is 1. The van der Waals surface area contributed by atoms with E-state index < -0.39 is 5.97 Å². The average Bonchev–Trinajstić information content (AvgIpc) is 2.89. The molecule has 0 radical (unpaired) electrons. The van der Waals surface area contributed by atoms with E-state index in [0.717, 1.165) is 53.4 Å². The zero-order valence-electron chi connectivity index (χ0n) is 12.5. The Morgan fingerprint density at radius 1 is 1.23 bits per heavy atom. The molecule has 1 aromatic heterocycles. The number of aromatic carboxylic acids is 1. The zero-order valence-corrected chi connectivity index (χ0v) is 13.2. The number of halogens is 1. The van der Waals surface area contributed by atoms with Crippen molar-refractivity contribution in [2.24, 2.45) is 0 Å². The molecule has 0 bridgehead atoms. The van der Waals surface area contributed by atoms with Gasteiger partial charge in [0.2, 0.25) is 0 Å². The highest BCUT2D eigenvalue weighted by Crippen LogP contribution is 2.29. The van der Waals surface area contributed by atoms with Gasteiger partial charge in [-0.3, -0.25) is 0 Å². The monoisotopic (exact) mass is 318 g/mol. The number of hydrogen-bond donors (Lipinski definition) is 2. The smallest absolute Gasteiger partial charge is 0.335 e. The third-order valence-corrected chi connectivity index (χ3v) is 3.78. The molecule has 2 aromatic rings.